The molecule has 0 radical (unpaired) electrons. The third-order valence-electron chi connectivity index (χ3n) is 4.18. The molecule has 1 aliphatic rings. The molecule has 0 aliphatic heterocycles. The lowest BCUT2D eigenvalue weighted by Crippen LogP contribution is -2.22. The van der Waals surface area contributed by atoms with Gasteiger partial charge in [-0.3, -0.25) is 0 Å². The molecule has 1 aliphatic carbocycles. The van der Waals surface area contributed by atoms with Crippen LogP contribution >= 0.6 is 23.4 Å². The molecule has 1 aromatic carbocycles. The van der Waals surface area contributed by atoms with E-state index in [0.717, 1.165) is 35.7 Å². The molecule has 2 N–H and O–H groups in total. The number of hydrogen-bond acceptors (Lipinski definition) is 5. The summed E-state index contributed by atoms with van der Waals surface area (Å²) < 4.78 is 0. The number of benzene rings is 1. The SMILES string of the molecule is N#Cc1cc2c(nc1SC[C@H](O)CNc1ccc(Cl)cc1)CCCC2. The second-order valence-electron chi connectivity index (χ2n) is 6.12. The summed E-state index contributed by atoms with van der Waals surface area (Å²) in [5, 5.41) is 24.2. The maximum atomic E-state index is 10.2. The number of pyridine rings is 1. The van der Waals surface area contributed by atoms with E-state index < -0.39 is 6.10 Å². The van der Waals surface area contributed by atoms with Gasteiger partial charge in [-0.15, -0.1) is 11.8 Å². The Bertz CT molecular complexity index is 773. The zero-order valence-electron chi connectivity index (χ0n) is 13.8. The summed E-state index contributed by atoms with van der Waals surface area (Å²) in [6.07, 6.45) is 3.78. The molecule has 25 heavy (non-hydrogen) atoms. The molecule has 0 unspecified atom stereocenters. The lowest BCUT2D eigenvalue weighted by molar-refractivity contribution is 0.213. The van der Waals surface area contributed by atoms with Crippen molar-refractivity contribution in [3.8, 4) is 6.07 Å². The maximum absolute atomic E-state index is 10.2. The minimum absolute atomic E-state index is 0.432. The van der Waals surface area contributed by atoms with Gasteiger partial charge >= 0.3 is 0 Å². The molecule has 0 fully saturated rings. The van der Waals surface area contributed by atoms with Crippen LogP contribution in [0.2, 0.25) is 5.02 Å². The Morgan fingerprint density at radius 3 is 2.80 bits per heavy atom. The van der Waals surface area contributed by atoms with Crippen LogP contribution in [0.5, 0.6) is 0 Å². The standard InChI is InChI=1S/C19H20ClN3OS/c20-15-5-7-16(8-6-15)22-11-17(24)12-25-19-14(10-21)9-13-3-1-2-4-18(13)23-19/h5-9,17,22,24H,1-4,11-12H2/t17-/m1/s1. The number of thioether (sulfide) groups is 1. The molecule has 0 amide bonds. The van der Waals surface area contributed by atoms with Crippen LogP contribution in [-0.4, -0.2) is 28.5 Å². The quantitative estimate of drug-likeness (QED) is 0.747. The van der Waals surface area contributed by atoms with E-state index >= 15 is 0 Å². The Kier molecular flexibility index (Phi) is 6.19. The van der Waals surface area contributed by atoms with Crippen molar-refractivity contribution in [2.45, 2.75) is 36.8 Å². The Morgan fingerprint density at radius 2 is 2.04 bits per heavy atom. The number of nitrogens with zero attached hydrogens (tertiary/aromatic N) is 2. The fourth-order valence-corrected chi connectivity index (χ4v) is 3.87. The zero-order valence-corrected chi connectivity index (χ0v) is 15.4. The maximum Gasteiger partial charge on any atom is 0.114 e. The minimum Gasteiger partial charge on any atom is -0.390 e. The molecule has 0 spiro atoms. The van der Waals surface area contributed by atoms with Crippen molar-refractivity contribution >= 4 is 29.1 Å². The van der Waals surface area contributed by atoms with Gasteiger partial charge in [0.1, 0.15) is 11.1 Å². The van der Waals surface area contributed by atoms with Crippen LogP contribution in [0.15, 0.2) is 35.4 Å². The number of rotatable bonds is 6. The van der Waals surface area contributed by atoms with Crippen LogP contribution in [0, 0.1) is 11.3 Å². The first-order valence-electron chi connectivity index (χ1n) is 8.39. The van der Waals surface area contributed by atoms with Gasteiger partial charge in [-0.1, -0.05) is 11.6 Å². The molecule has 4 nitrogen and oxygen atoms in total. The Hall–Kier alpha value is -1.74. The summed E-state index contributed by atoms with van der Waals surface area (Å²) in [6.45, 7) is 0.432. The number of halogens is 1. The van der Waals surface area contributed by atoms with E-state index in [-0.39, 0.29) is 0 Å². The van der Waals surface area contributed by atoms with Crippen LogP contribution < -0.4 is 5.32 Å². The second kappa shape index (κ2) is 8.57. The summed E-state index contributed by atoms with van der Waals surface area (Å²) >= 11 is 7.30. The highest BCUT2D eigenvalue weighted by Gasteiger charge is 2.16. The number of aliphatic hydroxyl groups is 1. The first kappa shape index (κ1) is 18.1. The number of nitriles is 1. The van der Waals surface area contributed by atoms with Crippen molar-refractivity contribution in [3.05, 3.63) is 52.2 Å². The normalized spacial score (nSPS) is 14.4. The van der Waals surface area contributed by atoms with Crippen LogP contribution in [-0.2, 0) is 12.8 Å². The Morgan fingerprint density at radius 1 is 1.28 bits per heavy atom. The second-order valence-corrected chi connectivity index (χ2v) is 7.56. The van der Waals surface area contributed by atoms with E-state index in [1.807, 2.05) is 18.2 Å². The lowest BCUT2D eigenvalue weighted by Gasteiger charge is -2.17. The van der Waals surface area contributed by atoms with Gasteiger partial charge in [0, 0.05) is 28.7 Å². The van der Waals surface area contributed by atoms with E-state index in [9.17, 15) is 10.4 Å². The van der Waals surface area contributed by atoms with Gasteiger partial charge in [-0.25, -0.2) is 4.98 Å². The summed E-state index contributed by atoms with van der Waals surface area (Å²) in [6, 6.07) is 11.6. The number of aliphatic hydroxyl groups excluding tert-OH is 1. The number of anilines is 1. The third kappa shape index (κ3) is 4.88. The Balaban J connectivity index is 1.57. The molecule has 1 atom stereocenters. The number of nitrogens with one attached hydrogen (secondary N) is 1. The molecule has 130 valence electrons. The van der Waals surface area contributed by atoms with Crippen molar-refractivity contribution in [1.29, 1.82) is 5.26 Å². The van der Waals surface area contributed by atoms with Gasteiger partial charge in [0.25, 0.3) is 0 Å². The first-order valence-corrected chi connectivity index (χ1v) is 9.75. The first-order chi connectivity index (χ1) is 12.2. The predicted molar refractivity (Wildman–Crippen MR) is 102 cm³/mol. The molecule has 2 aromatic rings. The van der Waals surface area contributed by atoms with E-state index in [2.05, 4.69) is 16.4 Å². The summed E-state index contributed by atoms with van der Waals surface area (Å²) in [7, 11) is 0. The molecular weight excluding hydrogens is 354 g/mol. The van der Waals surface area contributed by atoms with E-state index in [4.69, 9.17) is 11.6 Å². The van der Waals surface area contributed by atoms with Crippen molar-refractivity contribution in [3.63, 3.8) is 0 Å². The smallest absolute Gasteiger partial charge is 0.114 e. The molecule has 1 aromatic heterocycles. The van der Waals surface area contributed by atoms with Gasteiger partial charge in [0.2, 0.25) is 0 Å². The van der Waals surface area contributed by atoms with E-state index in [0.29, 0.717) is 22.9 Å². The highest BCUT2D eigenvalue weighted by molar-refractivity contribution is 7.99. The number of aromatic nitrogens is 1. The third-order valence-corrected chi connectivity index (χ3v) is 5.57. The van der Waals surface area contributed by atoms with Gasteiger partial charge in [0.05, 0.1) is 11.7 Å². The predicted octanol–water partition coefficient (Wildman–Crippen LogP) is 4.05. The van der Waals surface area contributed by atoms with Crippen LogP contribution in [0.3, 0.4) is 0 Å². The minimum atomic E-state index is -0.537. The van der Waals surface area contributed by atoms with Crippen molar-refractivity contribution in [1.82, 2.24) is 4.98 Å². The number of aryl methyl sites for hydroxylation is 2. The molecule has 0 saturated carbocycles. The van der Waals surface area contributed by atoms with E-state index in [1.54, 1.807) is 12.1 Å². The number of hydrogen-bond donors (Lipinski definition) is 2. The highest BCUT2D eigenvalue weighted by Crippen LogP contribution is 2.27. The van der Waals surface area contributed by atoms with Crippen LogP contribution in [0.4, 0.5) is 5.69 Å². The van der Waals surface area contributed by atoms with Gasteiger partial charge < -0.3 is 10.4 Å². The van der Waals surface area contributed by atoms with Gasteiger partial charge in [-0.2, -0.15) is 5.26 Å². The highest BCUT2D eigenvalue weighted by atomic mass is 35.5. The summed E-state index contributed by atoms with van der Waals surface area (Å²) in [5.41, 5.74) is 3.85. The molecule has 0 saturated heterocycles. The van der Waals surface area contributed by atoms with Gasteiger partial charge in [0.15, 0.2) is 0 Å². The average Bonchev–Trinajstić information content (AvgIpc) is 2.65. The average molecular weight is 374 g/mol. The Labute approximate surface area is 157 Å². The monoisotopic (exact) mass is 373 g/mol. The topological polar surface area (TPSA) is 68.9 Å². The summed E-state index contributed by atoms with van der Waals surface area (Å²) in [5.74, 6) is 0.487. The molecule has 3 rings (SSSR count). The molecule has 1 heterocycles. The molecular formula is C19H20ClN3OS. The van der Waals surface area contributed by atoms with Crippen LogP contribution in [0.25, 0.3) is 0 Å². The zero-order chi connectivity index (χ0) is 17.6. The lowest BCUT2D eigenvalue weighted by atomic mass is 9.95. The fourth-order valence-electron chi connectivity index (χ4n) is 2.84. The molecule has 6 heteroatoms. The van der Waals surface area contributed by atoms with E-state index in [1.165, 1.54) is 23.7 Å². The van der Waals surface area contributed by atoms with Crippen LogP contribution in [0.1, 0.15) is 29.7 Å². The van der Waals surface area contributed by atoms with Gasteiger partial charge in [-0.05, 0) is 61.6 Å². The largest absolute Gasteiger partial charge is 0.390 e. The van der Waals surface area contributed by atoms with Crippen molar-refractivity contribution < 1.29 is 5.11 Å². The summed E-state index contributed by atoms with van der Waals surface area (Å²) in [4.78, 5) is 4.68. The van der Waals surface area contributed by atoms with Crippen molar-refractivity contribution in [2.75, 3.05) is 17.6 Å². The number of fused-ring (bicyclic) bond motifs is 1. The fraction of sp³-hybridized carbons (Fsp3) is 0.368. The molecule has 0 bridgehead atoms. The van der Waals surface area contributed by atoms with Crippen molar-refractivity contribution in [2.24, 2.45) is 0 Å².